The van der Waals surface area contributed by atoms with E-state index in [4.69, 9.17) is 0 Å². The molecule has 0 saturated heterocycles. The minimum atomic E-state index is -3.91. The van der Waals surface area contributed by atoms with Gasteiger partial charge in [-0.3, -0.25) is 0 Å². The Morgan fingerprint density at radius 3 is 2.29 bits per heavy atom. The van der Waals surface area contributed by atoms with Gasteiger partial charge in [-0.2, -0.15) is 0 Å². The maximum atomic E-state index is 13.1. The highest BCUT2D eigenvalue weighted by atomic mass is 32.2. The van der Waals surface area contributed by atoms with Crippen molar-refractivity contribution in [2.45, 2.75) is 17.9 Å². The lowest BCUT2D eigenvalue weighted by atomic mass is 10.2. The first-order valence-electron chi connectivity index (χ1n) is 7.55. The van der Waals surface area contributed by atoms with Gasteiger partial charge in [0.25, 0.3) is 0 Å². The van der Waals surface area contributed by atoms with E-state index in [1.54, 1.807) is 0 Å². The number of sulfonamides is 1. The third-order valence-electron chi connectivity index (χ3n) is 3.45. The normalized spacial score (nSPS) is 11.8. The number of nitrogens with one attached hydrogen (secondary N) is 1. The molecule has 0 atom stereocenters. The molecule has 0 unspecified atom stereocenters. The molecule has 0 bridgehead atoms. The van der Waals surface area contributed by atoms with Crippen LogP contribution in [0.2, 0.25) is 0 Å². The first-order valence-corrected chi connectivity index (χ1v) is 9.03. The summed E-state index contributed by atoms with van der Waals surface area (Å²) >= 11 is 0. The fraction of sp³-hybridized carbons (Fsp3) is 0.294. The van der Waals surface area contributed by atoms with Gasteiger partial charge < -0.3 is 4.90 Å². The quantitative estimate of drug-likeness (QED) is 0.742. The van der Waals surface area contributed by atoms with E-state index in [0.29, 0.717) is 19.0 Å². The van der Waals surface area contributed by atoms with Gasteiger partial charge in [0.1, 0.15) is 11.6 Å². The molecule has 0 radical (unpaired) electrons. The second-order valence-electron chi connectivity index (χ2n) is 5.58. The highest BCUT2D eigenvalue weighted by Gasteiger charge is 2.15. The first kappa shape index (κ1) is 18.5. The molecule has 0 heterocycles. The van der Waals surface area contributed by atoms with Gasteiger partial charge in [0.15, 0.2) is 0 Å². The SMILES string of the molecule is CN(CCCNS(=O)(=O)c1cc(F)cc(F)c1)Cc1ccccc1. The summed E-state index contributed by atoms with van der Waals surface area (Å²) < 4.78 is 52.6. The van der Waals surface area contributed by atoms with Crippen LogP contribution in [0.5, 0.6) is 0 Å². The van der Waals surface area contributed by atoms with Crippen molar-refractivity contribution in [1.29, 1.82) is 0 Å². The summed E-state index contributed by atoms with van der Waals surface area (Å²) in [6, 6.07) is 12.2. The summed E-state index contributed by atoms with van der Waals surface area (Å²) in [5.41, 5.74) is 1.18. The average Bonchev–Trinajstić information content (AvgIpc) is 2.52. The summed E-state index contributed by atoms with van der Waals surface area (Å²) in [4.78, 5) is 1.67. The Hall–Kier alpha value is -1.83. The van der Waals surface area contributed by atoms with E-state index in [2.05, 4.69) is 9.62 Å². The summed E-state index contributed by atoms with van der Waals surface area (Å²) in [5, 5.41) is 0. The summed E-state index contributed by atoms with van der Waals surface area (Å²) in [6.45, 7) is 1.65. The van der Waals surface area contributed by atoms with E-state index in [0.717, 1.165) is 18.7 Å². The van der Waals surface area contributed by atoms with Gasteiger partial charge in [0.2, 0.25) is 10.0 Å². The zero-order chi connectivity index (χ0) is 17.6. The molecular formula is C17H20F2N2O2S. The van der Waals surface area contributed by atoms with Gasteiger partial charge in [-0.1, -0.05) is 30.3 Å². The highest BCUT2D eigenvalue weighted by molar-refractivity contribution is 7.89. The van der Waals surface area contributed by atoms with Crippen LogP contribution in [-0.2, 0) is 16.6 Å². The summed E-state index contributed by atoms with van der Waals surface area (Å²) in [7, 11) is -1.96. The van der Waals surface area contributed by atoms with Crippen LogP contribution in [0.4, 0.5) is 8.78 Å². The molecule has 2 aromatic carbocycles. The van der Waals surface area contributed by atoms with Crippen LogP contribution in [0.15, 0.2) is 53.4 Å². The van der Waals surface area contributed by atoms with Gasteiger partial charge in [-0.05, 0) is 37.7 Å². The Kier molecular flexibility index (Phi) is 6.42. The van der Waals surface area contributed by atoms with Crippen LogP contribution >= 0.6 is 0 Å². The van der Waals surface area contributed by atoms with Gasteiger partial charge in [-0.15, -0.1) is 0 Å². The van der Waals surface area contributed by atoms with Gasteiger partial charge >= 0.3 is 0 Å². The van der Waals surface area contributed by atoms with Crippen molar-refractivity contribution in [3.63, 3.8) is 0 Å². The second kappa shape index (κ2) is 8.32. The topological polar surface area (TPSA) is 49.4 Å². The van der Waals surface area contributed by atoms with Gasteiger partial charge in [0, 0.05) is 19.2 Å². The van der Waals surface area contributed by atoms with Crippen molar-refractivity contribution in [2.24, 2.45) is 0 Å². The van der Waals surface area contributed by atoms with Crippen molar-refractivity contribution in [3.05, 3.63) is 65.7 Å². The molecule has 0 aromatic heterocycles. The second-order valence-corrected chi connectivity index (χ2v) is 7.35. The molecule has 24 heavy (non-hydrogen) atoms. The number of hydrogen-bond donors (Lipinski definition) is 1. The molecule has 0 aliphatic heterocycles. The molecule has 4 nitrogen and oxygen atoms in total. The number of nitrogens with zero attached hydrogens (tertiary/aromatic N) is 1. The lowest BCUT2D eigenvalue weighted by Crippen LogP contribution is -2.28. The number of rotatable bonds is 8. The van der Waals surface area contributed by atoms with Gasteiger partial charge in [-0.25, -0.2) is 21.9 Å². The third kappa shape index (κ3) is 5.67. The first-order chi connectivity index (χ1) is 11.4. The van der Waals surface area contributed by atoms with Crippen LogP contribution in [0.1, 0.15) is 12.0 Å². The van der Waals surface area contributed by atoms with E-state index in [9.17, 15) is 17.2 Å². The Labute approximate surface area is 141 Å². The smallest absolute Gasteiger partial charge is 0.240 e. The zero-order valence-electron chi connectivity index (χ0n) is 13.4. The monoisotopic (exact) mass is 354 g/mol. The van der Waals surface area contributed by atoms with Crippen molar-refractivity contribution in [2.75, 3.05) is 20.1 Å². The largest absolute Gasteiger partial charge is 0.302 e. The van der Waals surface area contributed by atoms with Crippen LogP contribution in [-0.4, -0.2) is 33.5 Å². The zero-order valence-corrected chi connectivity index (χ0v) is 14.2. The minimum Gasteiger partial charge on any atom is -0.302 e. The maximum Gasteiger partial charge on any atom is 0.240 e. The molecule has 0 amide bonds. The molecule has 0 spiro atoms. The average molecular weight is 354 g/mol. The molecule has 0 aliphatic rings. The van der Waals surface area contributed by atoms with Crippen LogP contribution < -0.4 is 4.72 Å². The highest BCUT2D eigenvalue weighted by Crippen LogP contribution is 2.13. The minimum absolute atomic E-state index is 0.194. The Morgan fingerprint density at radius 1 is 1.04 bits per heavy atom. The molecule has 1 N–H and O–H groups in total. The molecule has 0 saturated carbocycles. The van der Waals surface area contributed by atoms with E-state index in [1.807, 2.05) is 37.4 Å². The van der Waals surface area contributed by atoms with Crippen LogP contribution in [0.25, 0.3) is 0 Å². The fourth-order valence-corrected chi connectivity index (χ4v) is 3.41. The van der Waals surface area contributed by atoms with E-state index < -0.39 is 26.6 Å². The van der Waals surface area contributed by atoms with E-state index >= 15 is 0 Å². The fourth-order valence-electron chi connectivity index (χ4n) is 2.30. The van der Waals surface area contributed by atoms with E-state index in [-0.39, 0.29) is 6.54 Å². The van der Waals surface area contributed by atoms with Crippen molar-refractivity contribution in [3.8, 4) is 0 Å². The maximum absolute atomic E-state index is 13.1. The molecule has 2 rings (SSSR count). The standard InChI is InChI=1S/C17H20F2N2O2S/c1-21(13-14-6-3-2-4-7-14)9-5-8-20-24(22,23)17-11-15(18)10-16(19)12-17/h2-4,6-7,10-12,20H,5,8-9,13H2,1H3. The Bertz CT molecular complexity index is 747. The lowest BCUT2D eigenvalue weighted by molar-refractivity contribution is 0.322. The number of hydrogen-bond acceptors (Lipinski definition) is 3. The molecular weight excluding hydrogens is 334 g/mol. The van der Waals surface area contributed by atoms with Crippen molar-refractivity contribution in [1.82, 2.24) is 9.62 Å². The lowest BCUT2D eigenvalue weighted by Gasteiger charge is -2.16. The molecule has 7 heteroatoms. The van der Waals surface area contributed by atoms with Crippen molar-refractivity contribution < 1.29 is 17.2 Å². The number of halogens is 2. The molecule has 130 valence electrons. The van der Waals surface area contributed by atoms with Gasteiger partial charge in [0.05, 0.1) is 4.90 Å². The molecule has 0 fully saturated rings. The summed E-state index contributed by atoms with van der Waals surface area (Å²) in [6.07, 6.45) is 0.584. The van der Waals surface area contributed by atoms with E-state index in [1.165, 1.54) is 5.56 Å². The predicted molar refractivity (Wildman–Crippen MR) is 88.9 cm³/mol. The Balaban J connectivity index is 1.80. The summed E-state index contributed by atoms with van der Waals surface area (Å²) in [5.74, 6) is -1.84. The molecule has 0 aliphatic carbocycles. The predicted octanol–water partition coefficient (Wildman–Crippen LogP) is 2.77. The number of benzene rings is 2. The molecule has 2 aromatic rings. The Morgan fingerprint density at radius 2 is 1.67 bits per heavy atom. The van der Waals surface area contributed by atoms with Crippen LogP contribution in [0, 0.1) is 11.6 Å². The third-order valence-corrected chi connectivity index (χ3v) is 4.89. The van der Waals surface area contributed by atoms with Crippen molar-refractivity contribution >= 4 is 10.0 Å². The van der Waals surface area contributed by atoms with Crippen LogP contribution in [0.3, 0.4) is 0 Å².